The van der Waals surface area contributed by atoms with Crippen LogP contribution in [-0.4, -0.2) is 23.2 Å². The van der Waals surface area contributed by atoms with Crippen molar-refractivity contribution in [1.29, 1.82) is 0 Å². The Kier molecular flexibility index (Phi) is 4.07. The Morgan fingerprint density at radius 2 is 2.17 bits per heavy atom. The van der Waals surface area contributed by atoms with Crippen molar-refractivity contribution in [3.63, 3.8) is 0 Å². The molecule has 0 aliphatic heterocycles. The summed E-state index contributed by atoms with van der Waals surface area (Å²) < 4.78 is 5.44. The molecule has 1 atom stereocenters. The van der Waals surface area contributed by atoms with E-state index in [0.717, 1.165) is 10.6 Å². The second-order valence-corrected chi connectivity index (χ2v) is 4.66. The summed E-state index contributed by atoms with van der Waals surface area (Å²) in [6.45, 7) is 0. The Morgan fingerprint density at radius 1 is 1.44 bits per heavy atom. The van der Waals surface area contributed by atoms with Gasteiger partial charge in [-0.15, -0.1) is 11.3 Å². The molecular formula is C13H13NO3S. The van der Waals surface area contributed by atoms with Gasteiger partial charge in [-0.1, -0.05) is 30.3 Å². The molecule has 0 spiro atoms. The van der Waals surface area contributed by atoms with Crippen molar-refractivity contribution in [1.82, 2.24) is 4.98 Å². The largest absolute Gasteiger partial charge is 0.481 e. The predicted molar refractivity (Wildman–Crippen MR) is 68.7 cm³/mol. The smallest absolute Gasteiger partial charge is 0.309 e. The highest BCUT2D eigenvalue weighted by molar-refractivity contribution is 7.09. The molecule has 1 aromatic carbocycles. The van der Waals surface area contributed by atoms with Crippen molar-refractivity contribution in [2.45, 2.75) is 12.5 Å². The van der Waals surface area contributed by atoms with Crippen LogP contribution in [0.5, 0.6) is 0 Å². The predicted octanol–water partition coefficient (Wildman–Crippen LogP) is 2.51. The fourth-order valence-corrected chi connectivity index (χ4v) is 2.61. The van der Waals surface area contributed by atoms with Gasteiger partial charge in [0.15, 0.2) is 0 Å². The summed E-state index contributed by atoms with van der Waals surface area (Å²) in [7, 11) is 1.62. The lowest BCUT2D eigenvalue weighted by atomic mass is 10.1. The number of rotatable bonds is 5. The van der Waals surface area contributed by atoms with Gasteiger partial charge in [0.25, 0.3) is 0 Å². The van der Waals surface area contributed by atoms with Gasteiger partial charge in [-0.2, -0.15) is 0 Å². The topological polar surface area (TPSA) is 59.4 Å². The minimum absolute atomic E-state index is 0.0538. The van der Waals surface area contributed by atoms with Gasteiger partial charge in [0.1, 0.15) is 11.1 Å². The maximum Gasteiger partial charge on any atom is 0.309 e. The molecule has 0 saturated carbocycles. The van der Waals surface area contributed by atoms with E-state index in [2.05, 4.69) is 4.98 Å². The van der Waals surface area contributed by atoms with E-state index in [-0.39, 0.29) is 12.5 Å². The molecule has 1 heterocycles. The van der Waals surface area contributed by atoms with E-state index in [1.807, 2.05) is 30.3 Å². The third kappa shape index (κ3) is 2.94. The molecule has 0 radical (unpaired) electrons. The SMILES string of the molecule is COC(c1ccccc1)c1nc(CC(=O)O)cs1. The quantitative estimate of drug-likeness (QED) is 0.900. The Balaban J connectivity index is 2.23. The lowest BCUT2D eigenvalue weighted by molar-refractivity contribution is -0.136. The normalized spacial score (nSPS) is 12.3. The molecule has 5 heteroatoms. The molecule has 0 aliphatic rings. The van der Waals surface area contributed by atoms with Gasteiger partial charge in [-0.25, -0.2) is 4.98 Å². The minimum Gasteiger partial charge on any atom is -0.481 e. The number of ether oxygens (including phenoxy) is 1. The van der Waals surface area contributed by atoms with Gasteiger partial charge < -0.3 is 9.84 Å². The van der Waals surface area contributed by atoms with Crippen LogP contribution in [0.1, 0.15) is 22.4 Å². The highest BCUT2D eigenvalue weighted by Gasteiger charge is 2.17. The number of carboxylic acids is 1. The summed E-state index contributed by atoms with van der Waals surface area (Å²) in [6.07, 6.45) is -0.291. The first-order valence-corrected chi connectivity index (χ1v) is 6.32. The van der Waals surface area contributed by atoms with Crippen LogP contribution in [0.2, 0.25) is 0 Å². The van der Waals surface area contributed by atoms with Crippen LogP contribution in [0.3, 0.4) is 0 Å². The standard InChI is InChI=1S/C13H13NO3S/c1-17-12(9-5-3-2-4-6-9)13-14-10(8-18-13)7-11(15)16/h2-6,8,12H,7H2,1H3,(H,15,16). The first-order valence-electron chi connectivity index (χ1n) is 5.44. The average molecular weight is 263 g/mol. The zero-order chi connectivity index (χ0) is 13.0. The zero-order valence-electron chi connectivity index (χ0n) is 9.87. The van der Waals surface area contributed by atoms with E-state index in [4.69, 9.17) is 9.84 Å². The van der Waals surface area contributed by atoms with Crippen molar-refractivity contribution < 1.29 is 14.6 Å². The Labute approximate surface area is 109 Å². The number of aliphatic carboxylic acids is 1. The summed E-state index contributed by atoms with van der Waals surface area (Å²) >= 11 is 1.42. The highest BCUT2D eigenvalue weighted by Crippen LogP contribution is 2.27. The van der Waals surface area contributed by atoms with Crippen LogP contribution < -0.4 is 0 Å². The third-order valence-corrected chi connectivity index (χ3v) is 3.40. The molecule has 0 aliphatic carbocycles. The van der Waals surface area contributed by atoms with Gasteiger partial charge in [0.05, 0.1) is 12.1 Å². The molecule has 0 amide bonds. The number of hydrogen-bond donors (Lipinski definition) is 1. The molecule has 18 heavy (non-hydrogen) atoms. The monoisotopic (exact) mass is 263 g/mol. The molecule has 0 bridgehead atoms. The van der Waals surface area contributed by atoms with Crippen molar-refractivity contribution >= 4 is 17.3 Å². The number of methoxy groups -OCH3 is 1. The number of hydrogen-bond acceptors (Lipinski definition) is 4. The summed E-state index contributed by atoms with van der Waals surface area (Å²) in [5, 5.41) is 11.3. The first-order chi connectivity index (χ1) is 8.70. The number of carbonyl (C=O) groups is 1. The number of thiazole rings is 1. The molecule has 2 aromatic rings. The fourth-order valence-electron chi connectivity index (χ4n) is 1.69. The summed E-state index contributed by atoms with van der Waals surface area (Å²) in [5.74, 6) is -0.875. The van der Waals surface area contributed by atoms with Crippen LogP contribution >= 0.6 is 11.3 Å². The van der Waals surface area contributed by atoms with Gasteiger partial charge in [0.2, 0.25) is 0 Å². The fraction of sp³-hybridized carbons (Fsp3) is 0.231. The Bertz CT molecular complexity index is 524. The molecule has 2 rings (SSSR count). The van der Waals surface area contributed by atoms with Gasteiger partial charge in [-0.3, -0.25) is 4.79 Å². The molecule has 0 fully saturated rings. The average Bonchev–Trinajstić information content (AvgIpc) is 2.79. The molecule has 1 N–H and O–H groups in total. The Morgan fingerprint density at radius 3 is 2.78 bits per heavy atom. The maximum atomic E-state index is 10.6. The van der Waals surface area contributed by atoms with Crippen LogP contribution in [0.4, 0.5) is 0 Å². The van der Waals surface area contributed by atoms with E-state index >= 15 is 0 Å². The summed E-state index contributed by atoms with van der Waals surface area (Å²) in [4.78, 5) is 14.9. The summed E-state index contributed by atoms with van der Waals surface area (Å²) in [5.41, 5.74) is 1.58. The molecular weight excluding hydrogens is 250 g/mol. The highest BCUT2D eigenvalue weighted by atomic mass is 32.1. The van der Waals surface area contributed by atoms with Crippen LogP contribution in [0, 0.1) is 0 Å². The van der Waals surface area contributed by atoms with E-state index in [1.165, 1.54) is 11.3 Å². The Hall–Kier alpha value is -1.72. The molecule has 4 nitrogen and oxygen atoms in total. The van der Waals surface area contributed by atoms with Crippen molar-refractivity contribution in [2.75, 3.05) is 7.11 Å². The van der Waals surface area contributed by atoms with Crippen LogP contribution in [0.15, 0.2) is 35.7 Å². The minimum atomic E-state index is -0.875. The lowest BCUT2D eigenvalue weighted by Crippen LogP contribution is -2.04. The van der Waals surface area contributed by atoms with Gasteiger partial charge in [-0.05, 0) is 5.56 Å². The molecule has 0 saturated heterocycles. The molecule has 1 aromatic heterocycles. The van der Waals surface area contributed by atoms with Crippen molar-refractivity contribution in [3.05, 3.63) is 52.0 Å². The van der Waals surface area contributed by atoms with Crippen LogP contribution in [0.25, 0.3) is 0 Å². The van der Waals surface area contributed by atoms with E-state index in [0.29, 0.717) is 5.69 Å². The van der Waals surface area contributed by atoms with Crippen molar-refractivity contribution in [2.24, 2.45) is 0 Å². The number of benzene rings is 1. The first kappa shape index (κ1) is 12.7. The van der Waals surface area contributed by atoms with E-state index in [9.17, 15) is 4.79 Å². The number of nitrogens with zero attached hydrogens (tertiary/aromatic N) is 1. The second-order valence-electron chi connectivity index (χ2n) is 3.77. The van der Waals surface area contributed by atoms with E-state index in [1.54, 1.807) is 12.5 Å². The van der Waals surface area contributed by atoms with Crippen molar-refractivity contribution in [3.8, 4) is 0 Å². The lowest BCUT2D eigenvalue weighted by Gasteiger charge is -2.12. The number of carboxylic acid groups (broad SMARTS) is 1. The summed E-state index contributed by atoms with van der Waals surface area (Å²) in [6, 6.07) is 9.74. The maximum absolute atomic E-state index is 10.6. The van der Waals surface area contributed by atoms with E-state index < -0.39 is 5.97 Å². The number of aromatic nitrogens is 1. The van der Waals surface area contributed by atoms with Crippen LogP contribution in [-0.2, 0) is 16.0 Å². The zero-order valence-corrected chi connectivity index (χ0v) is 10.7. The molecule has 1 unspecified atom stereocenters. The third-order valence-electron chi connectivity index (χ3n) is 2.46. The molecule has 94 valence electrons. The van der Waals surface area contributed by atoms with Gasteiger partial charge >= 0.3 is 5.97 Å². The second kappa shape index (κ2) is 5.75. The van der Waals surface area contributed by atoms with Gasteiger partial charge in [0, 0.05) is 12.5 Å².